The van der Waals surface area contributed by atoms with Crippen LogP contribution in [0.15, 0.2) is 65.3 Å². The van der Waals surface area contributed by atoms with Gasteiger partial charge in [-0.2, -0.15) is 0 Å². The normalized spacial score (nSPS) is 12.0. The molecular formula is C23H24N6O2S2. The lowest BCUT2D eigenvalue weighted by molar-refractivity contribution is -0.113. The number of anilines is 1. The first-order chi connectivity index (χ1) is 16.0. The lowest BCUT2D eigenvalue weighted by Crippen LogP contribution is -2.15. The van der Waals surface area contributed by atoms with Crippen molar-refractivity contribution < 1.29 is 9.53 Å². The Morgan fingerprint density at radius 1 is 1.06 bits per heavy atom. The van der Waals surface area contributed by atoms with E-state index in [0.717, 1.165) is 11.4 Å². The highest BCUT2D eigenvalue weighted by Crippen LogP contribution is 2.28. The van der Waals surface area contributed by atoms with Gasteiger partial charge in [-0.15, -0.1) is 20.4 Å². The number of carbonyl (C=O) groups excluding carboxylic acids is 1. The molecule has 4 aromatic rings. The molecule has 0 saturated carbocycles. The van der Waals surface area contributed by atoms with E-state index in [1.54, 1.807) is 5.51 Å². The van der Waals surface area contributed by atoms with Crippen molar-refractivity contribution in [1.82, 2.24) is 25.0 Å². The number of amides is 1. The number of para-hydroxylation sites is 1. The lowest BCUT2D eigenvalue weighted by Gasteiger charge is -2.17. The molecule has 1 N–H and O–H groups in total. The maximum absolute atomic E-state index is 12.3. The number of hydrogen-bond acceptors (Lipinski definition) is 8. The van der Waals surface area contributed by atoms with Crippen LogP contribution in [-0.2, 0) is 4.79 Å². The molecule has 0 fully saturated rings. The van der Waals surface area contributed by atoms with Crippen molar-refractivity contribution in [3.8, 4) is 11.4 Å². The number of benzene rings is 2. The van der Waals surface area contributed by atoms with Gasteiger partial charge >= 0.3 is 0 Å². The second kappa shape index (κ2) is 10.6. The van der Waals surface area contributed by atoms with Crippen molar-refractivity contribution >= 4 is 34.1 Å². The fourth-order valence-electron chi connectivity index (χ4n) is 3.16. The van der Waals surface area contributed by atoms with E-state index in [2.05, 4.69) is 51.7 Å². The van der Waals surface area contributed by atoms with Crippen LogP contribution in [0, 0.1) is 0 Å². The summed E-state index contributed by atoms with van der Waals surface area (Å²) in [6, 6.07) is 17.9. The van der Waals surface area contributed by atoms with Crippen molar-refractivity contribution in [2.24, 2.45) is 0 Å². The molecule has 0 spiro atoms. The van der Waals surface area contributed by atoms with E-state index in [-0.39, 0.29) is 17.8 Å². The van der Waals surface area contributed by atoms with Crippen LogP contribution in [-0.4, -0.2) is 36.6 Å². The number of hydrogen-bond donors (Lipinski definition) is 1. The molecule has 4 rings (SSSR count). The second-order valence-corrected chi connectivity index (χ2v) is 9.35. The average Bonchev–Trinajstić information content (AvgIpc) is 3.48. The summed E-state index contributed by atoms with van der Waals surface area (Å²) >= 11 is 2.57. The largest absolute Gasteiger partial charge is 0.483 e. The first-order valence-corrected chi connectivity index (χ1v) is 12.3. The van der Waals surface area contributed by atoms with Gasteiger partial charge in [-0.1, -0.05) is 67.3 Å². The Kier molecular flexibility index (Phi) is 7.36. The third-order valence-corrected chi connectivity index (χ3v) is 6.37. The number of nitrogens with one attached hydrogen (secondary N) is 1. The Hall–Kier alpha value is -3.24. The highest BCUT2D eigenvalue weighted by atomic mass is 32.2. The van der Waals surface area contributed by atoms with Crippen molar-refractivity contribution in [2.45, 2.75) is 37.9 Å². The predicted molar refractivity (Wildman–Crippen MR) is 130 cm³/mol. The van der Waals surface area contributed by atoms with Crippen LogP contribution in [0.25, 0.3) is 5.69 Å². The number of carbonyl (C=O) groups is 1. The van der Waals surface area contributed by atoms with Gasteiger partial charge in [0.1, 0.15) is 11.3 Å². The fraction of sp³-hybridized carbons (Fsp3) is 0.261. The Morgan fingerprint density at radius 3 is 2.48 bits per heavy atom. The van der Waals surface area contributed by atoms with Crippen LogP contribution in [0.3, 0.4) is 0 Å². The molecule has 0 aliphatic rings. The van der Waals surface area contributed by atoms with Gasteiger partial charge in [0.2, 0.25) is 11.0 Å². The molecule has 0 aliphatic heterocycles. The van der Waals surface area contributed by atoms with Crippen LogP contribution < -0.4 is 10.1 Å². The van der Waals surface area contributed by atoms with Gasteiger partial charge in [-0.3, -0.25) is 14.7 Å². The summed E-state index contributed by atoms with van der Waals surface area (Å²) < 4.78 is 8.11. The molecule has 170 valence electrons. The van der Waals surface area contributed by atoms with Crippen molar-refractivity contribution in [3.63, 3.8) is 0 Å². The minimum absolute atomic E-state index is 0.163. The van der Waals surface area contributed by atoms with E-state index in [4.69, 9.17) is 4.74 Å². The Morgan fingerprint density at radius 2 is 1.82 bits per heavy atom. The first kappa shape index (κ1) is 22.9. The minimum atomic E-state index is -0.354. The standard InChI is InChI=1S/C23H24N6O2S2/c1-15(2)17-9-11-19(12-10-17)31-16(3)21-26-28-23(29(21)18-7-5-4-6-8-18)32-13-20(30)25-22-27-24-14-33-22/h4-12,14-16H,13H2,1-3H3,(H,25,27,30). The van der Waals surface area contributed by atoms with Crippen molar-refractivity contribution in [3.05, 3.63) is 71.5 Å². The molecule has 0 saturated heterocycles. The summed E-state index contributed by atoms with van der Waals surface area (Å²) in [5.41, 5.74) is 3.72. The van der Waals surface area contributed by atoms with Crippen molar-refractivity contribution in [2.75, 3.05) is 11.1 Å². The molecule has 33 heavy (non-hydrogen) atoms. The SMILES string of the molecule is CC(C)c1ccc(OC(C)c2nnc(SCC(=O)Nc3nncs3)n2-c2ccccc2)cc1. The third-order valence-electron chi connectivity index (χ3n) is 4.83. The molecule has 0 bridgehead atoms. The van der Waals surface area contributed by atoms with Gasteiger partial charge in [0, 0.05) is 5.69 Å². The zero-order valence-corrected chi connectivity index (χ0v) is 20.1. The van der Waals surface area contributed by atoms with Crippen LogP contribution in [0.5, 0.6) is 5.75 Å². The summed E-state index contributed by atoms with van der Waals surface area (Å²) in [5.74, 6) is 1.86. The second-order valence-electron chi connectivity index (χ2n) is 7.58. The first-order valence-electron chi connectivity index (χ1n) is 10.5. The molecule has 8 nitrogen and oxygen atoms in total. The van der Waals surface area contributed by atoms with Crippen LogP contribution in [0.4, 0.5) is 5.13 Å². The highest BCUT2D eigenvalue weighted by molar-refractivity contribution is 7.99. The van der Waals surface area contributed by atoms with Crippen molar-refractivity contribution in [1.29, 1.82) is 0 Å². The van der Waals surface area contributed by atoms with E-state index in [0.29, 0.717) is 22.0 Å². The monoisotopic (exact) mass is 480 g/mol. The fourth-order valence-corrected chi connectivity index (χ4v) is 4.38. The van der Waals surface area contributed by atoms with Gasteiger partial charge < -0.3 is 4.74 Å². The molecule has 2 aromatic carbocycles. The van der Waals surface area contributed by atoms with Gasteiger partial charge in [0.05, 0.1) is 5.75 Å². The maximum atomic E-state index is 12.3. The third kappa shape index (κ3) is 5.77. The summed E-state index contributed by atoms with van der Waals surface area (Å²) in [6.07, 6.45) is -0.354. The molecule has 0 radical (unpaired) electrons. The molecule has 1 amide bonds. The van der Waals surface area contributed by atoms with E-state index in [9.17, 15) is 4.79 Å². The lowest BCUT2D eigenvalue weighted by atomic mass is 10.0. The predicted octanol–water partition coefficient (Wildman–Crippen LogP) is 5.11. The molecule has 1 unspecified atom stereocenters. The summed E-state index contributed by atoms with van der Waals surface area (Å²) in [5, 5.41) is 20.1. The molecule has 1 atom stereocenters. The molecule has 0 aliphatic carbocycles. The molecule has 2 aromatic heterocycles. The average molecular weight is 481 g/mol. The van der Waals surface area contributed by atoms with Gasteiger partial charge in [-0.05, 0) is 42.7 Å². The molecule has 2 heterocycles. The molecular weight excluding hydrogens is 456 g/mol. The summed E-state index contributed by atoms with van der Waals surface area (Å²) in [7, 11) is 0. The number of nitrogens with zero attached hydrogens (tertiary/aromatic N) is 5. The molecule has 10 heteroatoms. The number of aromatic nitrogens is 5. The van der Waals surface area contributed by atoms with Crippen LogP contribution >= 0.6 is 23.1 Å². The number of ether oxygens (including phenoxy) is 1. The number of rotatable bonds is 9. The van der Waals surface area contributed by atoms with Crippen LogP contribution in [0.1, 0.15) is 44.2 Å². The summed E-state index contributed by atoms with van der Waals surface area (Å²) in [6.45, 7) is 6.26. The van der Waals surface area contributed by atoms with Gasteiger partial charge in [-0.25, -0.2) is 0 Å². The number of thioether (sulfide) groups is 1. The highest BCUT2D eigenvalue weighted by Gasteiger charge is 2.22. The topological polar surface area (TPSA) is 94.8 Å². The minimum Gasteiger partial charge on any atom is -0.483 e. The Labute approximate surface area is 200 Å². The summed E-state index contributed by atoms with van der Waals surface area (Å²) in [4.78, 5) is 12.3. The van der Waals surface area contributed by atoms with E-state index in [1.165, 1.54) is 28.7 Å². The van der Waals surface area contributed by atoms with E-state index >= 15 is 0 Å². The van der Waals surface area contributed by atoms with E-state index in [1.807, 2.05) is 54.0 Å². The Bertz CT molecular complexity index is 1180. The van der Waals surface area contributed by atoms with Crippen LogP contribution in [0.2, 0.25) is 0 Å². The van der Waals surface area contributed by atoms with Gasteiger partial charge in [0.25, 0.3) is 0 Å². The smallest absolute Gasteiger partial charge is 0.236 e. The maximum Gasteiger partial charge on any atom is 0.236 e. The quantitative estimate of drug-likeness (QED) is 0.333. The zero-order chi connectivity index (χ0) is 23.2. The van der Waals surface area contributed by atoms with Gasteiger partial charge in [0.15, 0.2) is 17.1 Å². The zero-order valence-electron chi connectivity index (χ0n) is 18.5. The van der Waals surface area contributed by atoms with E-state index < -0.39 is 0 Å². The Balaban J connectivity index is 1.53.